The van der Waals surface area contributed by atoms with Gasteiger partial charge in [-0.1, -0.05) is 47.1 Å². The molecule has 1 aliphatic carbocycles. The maximum absolute atomic E-state index is 13.4. The van der Waals surface area contributed by atoms with Gasteiger partial charge in [0.15, 0.2) is 11.5 Å². The highest BCUT2D eigenvalue weighted by Gasteiger charge is 2.26. The highest BCUT2D eigenvalue weighted by atomic mass is 35.5. The number of aliphatic carboxylic acids is 1. The summed E-state index contributed by atoms with van der Waals surface area (Å²) in [5.41, 5.74) is 5.59. The molecule has 11 heteroatoms. The molecule has 2 unspecified atom stereocenters. The van der Waals surface area contributed by atoms with Gasteiger partial charge in [0.25, 0.3) is 5.91 Å². The summed E-state index contributed by atoms with van der Waals surface area (Å²) < 4.78 is 18.1. The van der Waals surface area contributed by atoms with Gasteiger partial charge in [-0.05, 0) is 79.3 Å². The maximum Gasteiger partial charge on any atom is 0.349 e. The van der Waals surface area contributed by atoms with Crippen LogP contribution in [0.5, 0.6) is 17.2 Å². The topological polar surface area (TPSA) is 125 Å². The van der Waals surface area contributed by atoms with Crippen LogP contribution in [0.4, 0.5) is 0 Å². The van der Waals surface area contributed by atoms with Crippen molar-refractivity contribution in [3.05, 3.63) is 106 Å². The third kappa shape index (κ3) is 5.76. The number of nitrogens with one attached hydrogen (secondary N) is 1. The number of hydrogen-bond donors (Lipinski definition) is 2. The maximum atomic E-state index is 13.4. The standard InChI is InChI=1S/C34H31ClN4O6/c1-19-23(33(40)36-26-10-6-8-20-7-4-5-9-24(20)26)13-15-27-31(19)37-38-39(27)28-18-22(12-14-25(28)35)45-32(34(41)42)21-11-16-29(43-2)30(17-21)44-3/h4-5,7,9,11-18,26,32H,6,8,10H2,1-3H3,(H,36,40)(H,41,42). The largest absolute Gasteiger partial charge is 0.493 e. The van der Waals surface area contributed by atoms with Crippen molar-refractivity contribution in [2.24, 2.45) is 0 Å². The van der Waals surface area contributed by atoms with E-state index in [1.807, 2.05) is 19.1 Å². The van der Waals surface area contributed by atoms with Gasteiger partial charge in [0.1, 0.15) is 11.3 Å². The van der Waals surface area contributed by atoms with Gasteiger partial charge < -0.3 is 24.6 Å². The Morgan fingerprint density at radius 1 is 1.02 bits per heavy atom. The Morgan fingerprint density at radius 3 is 2.60 bits per heavy atom. The Kier molecular flexibility index (Phi) is 8.32. The minimum atomic E-state index is -1.34. The molecule has 4 aromatic carbocycles. The zero-order valence-electron chi connectivity index (χ0n) is 24.9. The smallest absolute Gasteiger partial charge is 0.349 e. The summed E-state index contributed by atoms with van der Waals surface area (Å²) in [5, 5.41) is 22.3. The van der Waals surface area contributed by atoms with Crippen molar-refractivity contribution in [3.63, 3.8) is 0 Å². The van der Waals surface area contributed by atoms with Gasteiger partial charge in [-0.15, -0.1) is 5.10 Å². The SMILES string of the molecule is COc1ccc(C(Oc2ccc(Cl)c(-n3nnc4c(C)c(C(=O)NC5CCCc6ccccc65)ccc43)c2)C(=O)O)cc1OC. The van der Waals surface area contributed by atoms with Gasteiger partial charge in [-0.25, -0.2) is 9.48 Å². The minimum Gasteiger partial charge on any atom is -0.493 e. The number of carbonyl (C=O) groups is 2. The molecule has 0 saturated heterocycles. The highest BCUT2D eigenvalue weighted by molar-refractivity contribution is 6.32. The van der Waals surface area contributed by atoms with E-state index in [0.29, 0.717) is 49.9 Å². The van der Waals surface area contributed by atoms with Crippen LogP contribution >= 0.6 is 11.6 Å². The lowest BCUT2D eigenvalue weighted by atomic mass is 9.87. The molecule has 0 radical (unpaired) electrons. The van der Waals surface area contributed by atoms with E-state index in [-0.39, 0.29) is 17.7 Å². The zero-order chi connectivity index (χ0) is 31.7. The summed E-state index contributed by atoms with van der Waals surface area (Å²) in [4.78, 5) is 25.7. The molecule has 1 aliphatic rings. The third-order valence-electron chi connectivity index (χ3n) is 8.13. The van der Waals surface area contributed by atoms with Crippen molar-refractivity contribution in [3.8, 4) is 22.9 Å². The Morgan fingerprint density at radius 2 is 1.82 bits per heavy atom. The number of ether oxygens (including phenoxy) is 3. The fourth-order valence-electron chi connectivity index (χ4n) is 5.83. The number of hydrogen-bond acceptors (Lipinski definition) is 7. The molecule has 2 N–H and O–H groups in total. The number of rotatable bonds is 9. The molecule has 0 aliphatic heterocycles. The number of aryl methyl sites for hydroxylation is 2. The first-order valence-electron chi connectivity index (χ1n) is 14.4. The van der Waals surface area contributed by atoms with Crippen LogP contribution in [-0.4, -0.2) is 46.2 Å². The molecule has 1 amide bonds. The van der Waals surface area contributed by atoms with Crippen molar-refractivity contribution in [1.29, 1.82) is 0 Å². The predicted molar refractivity (Wildman–Crippen MR) is 169 cm³/mol. The van der Waals surface area contributed by atoms with E-state index in [1.54, 1.807) is 53.2 Å². The lowest BCUT2D eigenvalue weighted by Crippen LogP contribution is -2.31. The Labute approximate surface area is 264 Å². The number of amides is 1. The summed E-state index contributed by atoms with van der Waals surface area (Å²) in [6, 6.07) is 21.3. The second-order valence-corrected chi connectivity index (χ2v) is 11.2. The first kappa shape index (κ1) is 30.0. The van der Waals surface area contributed by atoms with Crippen LogP contribution in [0.15, 0.2) is 72.8 Å². The summed E-state index contributed by atoms with van der Waals surface area (Å²) in [5.74, 6) is -0.270. The Bertz CT molecular complexity index is 1920. The van der Waals surface area contributed by atoms with Crippen LogP contribution in [0.25, 0.3) is 16.7 Å². The van der Waals surface area contributed by atoms with Gasteiger partial charge in [-0.3, -0.25) is 4.79 Å². The highest BCUT2D eigenvalue weighted by Crippen LogP contribution is 2.35. The zero-order valence-corrected chi connectivity index (χ0v) is 25.7. The number of carbonyl (C=O) groups excluding carboxylic acids is 1. The molecule has 0 fully saturated rings. The van der Waals surface area contributed by atoms with E-state index in [0.717, 1.165) is 24.8 Å². The van der Waals surface area contributed by atoms with Crippen LogP contribution in [-0.2, 0) is 11.2 Å². The molecule has 45 heavy (non-hydrogen) atoms. The van der Waals surface area contributed by atoms with Crippen LogP contribution in [0.1, 0.15) is 57.6 Å². The number of carboxylic acids is 1. The van der Waals surface area contributed by atoms with E-state index in [9.17, 15) is 14.7 Å². The molecule has 0 bridgehead atoms. The van der Waals surface area contributed by atoms with Crippen molar-refractivity contribution in [1.82, 2.24) is 20.3 Å². The molecule has 230 valence electrons. The molecule has 1 heterocycles. The van der Waals surface area contributed by atoms with Gasteiger partial charge in [-0.2, -0.15) is 0 Å². The monoisotopic (exact) mass is 626 g/mol. The Hall–Kier alpha value is -5.09. The number of benzene rings is 4. The summed E-state index contributed by atoms with van der Waals surface area (Å²) >= 11 is 6.59. The quantitative estimate of drug-likeness (QED) is 0.192. The predicted octanol–water partition coefficient (Wildman–Crippen LogP) is 6.41. The average Bonchev–Trinajstić information content (AvgIpc) is 3.49. The van der Waals surface area contributed by atoms with Gasteiger partial charge in [0, 0.05) is 17.2 Å². The summed E-state index contributed by atoms with van der Waals surface area (Å²) in [6.07, 6.45) is 1.56. The average molecular weight is 627 g/mol. The molecule has 1 aromatic heterocycles. The van der Waals surface area contributed by atoms with Gasteiger partial charge >= 0.3 is 5.97 Å². The molecular weight excluding hydrogens is 596 g/mol. The number of halogens is 1. The van der Waals surface area contributed by atoms with Gasteiger partial charge in [0.05, 0.1) is 36.5 Å². The first-order valence-corrected chi connectivity index (χ1v) is 14.8. The van der Waals surface area contributed by atoms with E-state index >= 15 is 0 Å². The van der Waals surface area contributed by atoms with E-state index in [1.165, 1.54) is 19.8 Å². The molecule has 10 nitrogen and oxygen atoms in total. The van der Waals surface area contributed by atoms with Crippen LogP contribution in [0.3, 0.4) is 0 Å². The lowest BCUT2D eigenvalue weighted by Gasteiger charge is -2.26. The number of carboxylic acid groups (broad SMARTS) is 1. The summed E-state index contributed by atoms with van der Waals surface area (Å²) in [6.45, 7) is 1.84. The number of fused-ring (bicyclic) bond motifs is 2. The third-order valence-corrected chi connectivity index (χ3v) is 8.45. The van der Waals surface area contributed by atoms with E-state index in [4.69, 9.17) is 25.8 Å². The fourth-order valence-corrected chi connectivity index (χ4v) is 6.02. The van der Waals surface area contributed by atoms with Crippen molar-refractivity contribution in [2.75, 3.05) is 14.2 Å². The lowest BCUT2D eigenvalue weighted by molar-refractivity contribution is -0.145. The minimum absolute atomic E-state index is 0.0524. The molecule has 0 spiro atoms. The Balaban J connectivity index is 1.28. The van der Waals surface area contributed by atoms with Crippen molar-refractivity contribution >= 4 is 34.5 Å². The summed E-state index contributed by atoms with van der Waals surface area (Å²) in [7, 11) is 2.97. The number of aromatic nitrogens is 3. The normalized spacial score (nSPS) is 14.8. The number of nitrogens with zero attached hydrogens (tertiary/aromatic N) is 3. The molecule has 6 rings (SSSR count). The van der Waals surface area contributed by atoms with E-state index < -0.39 is 12.1 Å². The van der Waals surface area contributed by atoms with Crippen LogP contribution < -0.4 is 19.5 Å². The molecule has 0 saturated carbocycles. The molecule has 2 atom stereocenters. The van der Waals surface area contributed by atoms with Crippen LogP contribution in [0.2, 0.25) is 5.02 Å². The van der Waals surface area contributed by atoms with E-state index in [2.05, 4.69) is 27.8 Å². The van der Waals surface area contributed by atoms with Crippen LogP contribution in [0, 0.1) is 6.92 Å². The first-order chi connectivity index (χ1) is 21.8. The second kappa shape index (κ2) is 12.5. The molecular formula is C34H31ClN4O6. The molecule has 5 aromatic rings. The fraction of sp³-hybridized carbons (Fsp3) is 0.235. The number of methoxy groups -OCH3 is 2. The van der Waals surface area contributed by atoms with Gasteiger partial charge in [0.2, 0.25) is 6.10 Å². The van der Waals surface area contributed by atoms with Crippen molar-refractivity contribution in [2.45, 2.75) is 38.3 Å². The van der Waals surface area contributed by atoms with Crippen molar-refractivity contribution < 1.29 is 28.9 Å². The second-order valence-electron chi connectivity index (χ2n) is 10.8.